The van der Waals surface area contributed by atoms with E-state index >= 15 is 0 Å². The van der Waals surface area contributed by atoms with Gasteiger partial charge >= 0.3 is 5.97 Å². The minimum absolute atomic E-state index is 0.0692. The number of carboxylic acids is 1. The van der Waals surface area contributed by atoms with Gasteiger partial charge in [0.25, 0.3) is 0 Å². The van der Waals surface area contributed by atoms with Crippen LogP contribution in [0.25, 0.3) is 0 Å². The molecule has 1 atom stereocenters. The maximum absolute atomic E-state index is 10.9. The molecule has 0 aromatic heterocycles. The summed E-state index contributed by atoms with van der Waals surface area (Å²) in [6, 6.07) is 6.52. The predicted octanol–water partition coefficient (Wildman–Crippen LogP) is 2.34. The average molecular weight is 247 g/mol. The van der Waals surface area contributed by atoms with Gasteiger partial charge in [0, 0.05) is 12.5 Å². The number of carboxylic acid groups (broad SMARTS) is 1. The van der Waals surface area contributed by atoms with Crippen molar-refractivity contribution in [1.29, 1.82) is 0 Å². The minimum atomic E-state index is -0.729. The van der Waals surface area contributed by atoms with E-state index in [-0.39, 0.29) is 12.3 Å². The molecule has 18 heavy (non-hydrogen) atoms. The van der Waals surface area contributed by atoms with Gasteiger partial charge in [-0.1, -0.05) is 18.2 Å². The van der Waals surface area contributed by atoms with Gasteiger partial charge in [0.05, 0.1) is 6.42 Å². The van der Waals surface area contributed by atoms with Gasteiger partial charge < -0.3 is 10.4 Å². The van der Waals surface area contributed by atoms with Crippen LogP contribution in [0.1, 0.15) is 41.9 Å². The highest BCUT2D eigenvalue weighted by Crippen LogP contribution is 2.26. The molecule has 0 spiro atoms. The summed E-state index contributed by atoms with van der Waals surface area (Å²) in [5, 5.41) is 12.1. The normalized spacial score (nSPS) is 16.1. The highest BCUT2D eigenvalue weighted by Gasteiger charge is 2.17. The van der Waals surface area contributed by atoms with Crippen molar-refractivity contribution in [3.63, 3.8) is 0 Å². The van der Waals surface area contributed by atoms with E-state index in [2.05, 4.69) is 23.5 Å². The Hall–Kier alpha value is -1.35. The summed E-state index contributed by atoms with van der Waals surface area (Å²) >= 11 is 0. The van der Waals surface area contributed by atoms with E-state index in [0.717, 1.165) is 12.0 Å². The second-order valence-corrected chi connectivity index (χ2v) is 5.09. The van der Waals surface area contributed by atoms with E-state index in [1.807, 2.05) is 7.05 Å². The van der Waals surface area contributed by atoms with Gasteiger partial charge in [0.1, 0.15) is 0 Å². The van der Waals surface area contributed by atoms with E-state index in [4.69, 9.17) is 5.11 Å². The van der Waals surface area contributed by atoms with Gasteiger partial charge in [0.2, 0.25) is 0 Å². The van der Waals surface area contributed by atoms with Crippen molar-refractivity contribution in [2.24, 2.45) is 0 Å². The first-order valence-electron chi connectivity index (χ1n) is 6.69. The Labute approximate surface area is 108 Å². The quantitative estimate of drug-likeness (QED) is 0.839. The molecule has 0 radical (unpaired) electrons. The Morgan fingerprint density at radius 3 is 2.72 bits per heavy atom. The molecule has 2 N–H and O–H groups in total. The van der Waals surface area contributed by atoms with Crippen molar-refractivity contribution in [2.75, 3.05) is 13.6 Å². The molecule has 2 rings (SSSR count). The van der Waals surface area contributed by atoms with Gasteiger partial charge in [-0.15, -0.1) is 0 Å². The smallest absolute Gasteiger partial charge is 0.304 e. The molecule has 1 aliphatic rings. The lowest BCUT2D eigenvalue weighted by molar-refractivity contribution is -0.137. The fourth-order valence-electron chi connectivity index (χ4n) is 2.77. The van der Waals surface area contributed by atoms with Gasteiger partial charge in [0.15, 0.2) is 0 Å². The van der Waals surface area contributed by atoms with Gasteiger partial charge in [-0.3, -0.25) is 4.79 Å². The first-order chi connectivity index (χ1) is 8.70. The summed E-state index contributed by atoms with van der Waals surface area (Å²) in [7, 11) is 1.87. The van der Waals surface area contributed by atoms with E-state index in [9.17, 15) is 4.79 Å². The van der Waals surface area contributed by atoms with Crippen molar-refractivity contribution in [3.8, 4) is 0 Å². The largest absolute Gasteiger partial charge is 0.481 e. The molecule has 0 fully saturated rings. The Kier molecular flexibility index (Phi) is 4.37. The van der Waals surface area contributed by atoms with Crippen LogP contribution >= 0.6 is 0 Å². The lowest BCUT2D eigenvalue weighted by Crippen LogP contribution is -2.20. The van der Waals surface area contributed by atoms with Crippen molar-refractivity contribution in [2.45, 2.75) is 38.0 Å². The molecular weight excluding hydrogens is 226 g/mol. The molecule has 3 nitrogen and oxygen atoms in total. The van der Waals surface area contributed by atoms with Gasteiger partial charge in [-0.2, -0.15) is 0 Å². The Morgan fingerprint density at radius 2 is 2.06 bits per heavy atom. The van der Waals surface area contributed by atoms with Crippen LogP contribution in [-0.4, -0.2) is 24.7 Å². The van der Waals surface area contributed by atoms with Crippen LogP contribution in [-0.2, 0) is 17.6 Å². The topological polar surface area (TPSA) is 49.3 Å². The Balaban J connectivity index is 2.21. The molecule has 1 aromatic rings. The van der Waals surface area contributed by atoms with Gasteiger partial charge in [-0.25, -0.2) is 0 Å². The number of hydrogen-bond acceptors (Lipinski definition) is 2. The fourth-order valence-corrected chi connectivity index (χ4v) is 2.77. The Morgan fingerprint density at radius 1 is 1.33 bits per heavy atom. The van der Waals surface area contributed by atoms with E-state index in [1.165, 1.54) is 30.4 Å². The Bertz CT molecular complexity index is 429. The van der Waals surface area contributed by atoms with Crippen LogP contribution in [0.2, 0.25) is 0 Å². The molecule has 1 aliphatic carbocycles. The van der Waals surface area contributed by atoms with E-state index in [0.29, 0.717) is 6.54 Å². The number of fused-ring (bicyclic) bond motifs is 1. The summed E-state index contributed by atoms with van der Waals surface area (Å²) in [6.45, 7) is 0.713. The van der Waals surface area contributed by atoms with Crippen LogP contribution in [0.15, 0.2) is 18.2 Å². The summed E-state index contributed by atoms with van der Waals surface area (Å²) in [6.07, 6.45) is 5.04. The zero-order chi connectivity index (χ0) is 13.0. The summed E-state index contributed by atoms with van der Waals surface area (Å²) < 4.78 is 0. The van der Waals surface area contributed by atoms with Gasteiger partial charge in [-0.05, 0) is 49.4 Å². The van der Waals surface area contributed by atoms with Crippen LogP contribution in [0.4, 0.5) is 0 Å². The molecule has 0 saturated carbocycles. The van der Waals surface area contributed by atoms with Crippen LogP contribution < -0.4 is 5.32 Å². The lowest BCUT2D eigenvalue weighted by atomic mass is 9.86. The third kappa shape index (κ3) is 3.10. The molecular formula is C15H21NO2. The number of benzene rings is 1. The molecule has 0 aliphatic heterocycles. The number of aliphatic carboxylic acids is 1. The summed E-state index contributed by atoms with van der Waals surface area (Å²) in [5.41, 5.74) is 4.03. The monoisotopic (exact) mass is 247 g/mol. The van der Waals surface area contributed by atoms with Crippen molar-refractivity contribution >= 4 is 5.97 Å². The first kappa shape index (κ1) is 13.1. The molecule has 0 saturated heterocycles. The van der Waals surface area contributed by atoms with Crippen molar-refractivity contribution in [1.82, 2.24) is 5.32 Å². The summed E-state index contributed by atoms with van der Waals surface area (Å²) in [5.74, 6) is -0.660. The highest BCUT2D eigenvalue weighted by atomic mass is 16.4. The predicted molar refractivity (Wildman–Crippen MR) is 72.0 cm³/mol. The van der Waals surface area contributed by atoms with Crippen LogP contribution in [0.5, 0.6) is 0 Å². The number of nitrogens with one attached hydrogen (secondary N) is 1. The summed E-state index contributed by atoms with van der Waals surface area (Å²) in [4.78, 5) is 10.9. The molecule has 0 amide bonds. The van der Waals surface area contributed by atoms with Crippen molar-refractivity contribution < 1.29 is 9.90 Å². The molecule has 0 heterocycles. The fraction of sp³-hybridized carbons (Fsp3) is 0.533. The first-order valence-corrected chi connectivity index (χ1v) is 6.69. The molecule has 98 valence electrons. The third-order valence-corrected chi connectivity index (χ3v) is 3.72. The van der Waals surface area contributed by atoms with Crippen LogP contribution in [0, 0.1) is 0 Å². The maximum atomic E-state index is 10.9. The molecule has 0 bridgehead atoms. The number of hydrogen-bond donors (Lipinski definition) is 2. The van der Waals surface area contributed by atoms with E-state index < -0.39 is 5.97 Å². The average Bonchev–Trinajstić information content (AvgIpc) is 2.37. The zero-order valence-electron chi connectivity index (χ0n) is 10.9. The van der Waals surface area contributed by atoms with Crippen molar-refractivity contribution in [3.05, 3.63) is 34.9 Å². The number of rotatable bonds is 5. The molecule has 3 heteroatoms. The highest BCUT2D eigenvalue weighted by molar-refractivity contribution is 5.68. The number of carbonyl (C=O) groups is 1. The maximum Gasteiger partial charge on any atom is 0.304 e. The SMILES string of the molecule is CNCC(CC(=O)O)c1ccc2c(c1)CCCC2. The molecule has 1 unspecified atom stereocenters. The second-order valence-electron chi connectivity index (χ2n) is 5.09. The zero-order valence-corrected chi connectivity index (χ0v) is 10.9. The number of aryl methyl sites for hydroxylation is 2. The molecule has 1 aromatic carbocycles. The standard InChI is InChI=1S/C15H21NO2/c1-16-10-14(9-15(17)18)13-7-6-11-4-2-3-5-12(11)8-13/h6-8,14,16H,2-5,9-10H2,1H3,(H,17,18). The third-order valence-electron chi connectivity index (χ3n) is 3.72. The second kappa shape index (κ2) is 6.01. The number of likely N-dealkylation sites (N-methyl/N-ethyl adjacent to an activating group) is 1. The minimum Gasteiger partial charge on any atom is -0.481 e. The lowest BCUT2D eigenvalue weighted by Gasteiger charge is -2.20. The van der Waals surface area contributed by atoms with E-state index in [1.54, 1.807) is 0 Å². The van der Waals surface area contributed by atoms with Crippen LogP contribution in [0.3, 0.4) is 0 Å².